The molecule has 0 N–H and O–H groups in total. The second kappa shape index (κ2) is 4.63. The van der Waals surface area contributed by atoms with Crippen molar-refractivity contribution in [2.75, 3.05) is 0 Å². The van der Waals surface area contributed by atoms with E-state index in [2.05, 4.69) is 11.1 Å². The Labute approximate surface area is 115 Å². The van der Waals surface area contributed by atoms with Gasteiger partial charge in [-0.1, -0.05) is 17.7 Å². The molecule has 4 heteroatoms. The summed E-state index contributed by atoms with van der Waals surface area (Å²) in [5, 5.41) is 9.13. The average molecular weight is 261 g/mol. The molecule has 0 atom stereocenters. The Morgan fingerprint density at radius 2 is 2.15 bits per heavy atom. The maximum Gasteiger partial charge on any atom is 0.262 e. The smallest absolute Gasteiger partial charge is 0.262 e. The predicted molar refractivity (Wildman–Crippen MR) is 75.4 cm³/mol. The second-order valence-electron chi connectivity index (χ2n) is 4.57. The number of rotatable bonds is 1. The van der Waals surface area contributed by atoms with Crippen LogP contribution in [-0.4, -0.2) is 15.5 Å². The third-order valence-electron chi connectivity index (χ3n) is 3.16. The van der Waals surface area contributed by atoms with Gasteiger partial charge in [0.2, 0.25) is 0 Å². The van der Waals surface area contributed by atoms with Crippen molar-refractivity contribution < 1.29 is 4.79 Å². The van der Waals surface area contributed by atoms with E-state index in [1.807, 2.05) is 25.1 Å². The molecule has 3 rings (SSSR count). The molecule has 96 valence electrons. The van der Waals surface area contributed by atoms with Gasteiger partial charge in [-0.05, 0) is 31.2 Å². The minimum absolute atomic E-state index is 0.159. The van der Waals surface area contributed by atoms with Gasteiger partial charge in [0.1, 0.15) is 11.6 Å². The average Bonchev–Trinajstić information content (AvgIpc) is 2.85. The number of hydrogen-bond donors (Lipinski definition) is 0. The van der Waals surface area contributed by atoms with Crippen LogP contribution in [0.5, 0.6) is 0 Å². The number of nitrogens with zero attached hydrogens (tertiary/aromatic N) is 3. The van der Waals surface area contributed by atoms with Crippen molar-refractivity contribution in [2.45, 2.75) is 6.92 Å². The summed E-state index contributed by atoms with van der Waals surface area (Å²) in [7, 11) is 0. The Morgan fingerprint density at radius 1 is 1.30 bits per heavy atom. The lowest BCUT2D eigenvalue weighted by Gasteiger charge is -2.04. The van der Waals surface area contributed by atoms with Gasteiger partial charge in [-0.3, -0.25) is 14.3 Å². The Hall–Kier alpha value is -2.93. The van der Waals surface area contributed by atoms with Crippen molar-refractivity contribution >= 4 is 16.9 Å². The van der Waals surface area contributed by atoms with Crippen molar-refractivity contribution in [3.05, 3.63) is 65.5 Å². The highest BCUT2D eigenvalue weighted by atomic mass is 16.2. The molecule has 4 nitrogen and oxygen atoms in total. The number of benzene rings is 1. The standard InChI is InChI=1S/C16H11N3O/c1-11-4-2-5-12(8-11)16(20)19-10-13(9-17)15-14(19)6-3-7-18-15/h2-8,10H,1H3. The lowest BCUT2D eigenvalue weighted by atomic mass is 10.1. The zero-order valence-corrected chi connectivity index (χ0v) is 10.9. The molecule has 2 heterocycles. The third kappa shape index (κ3) is 1.86. The molecule has 0 radical (unpaired) electrons. The van der Waals surface area contributed by atoms with Crippen molar-refractivity contribution in [1.29, 1.82) is 5.26 Å². The molecule has 0 spiro atoms. The van der Waals surface area contributed by atoms with Crippen molar-refractivity contribution in [2.24, 2.45) is 0 Å². The summed E-state index contributed by atoms with van der Waals surface area (Å²) in [6.45, 7) is 1.94. The van der Waals surface area contributed by atoms with Crippen LogP contribution >= 0.6 is 0 Å². The van der Waals surface area contributed by atoms with Crippen molar-refractivity contribution in [3.63, 3.8) is 0 Å². The van der Waals surface area contributed by atoms with E-state index in [1.165, 1.54) is 4.57 Å². The number of aryl methyl sites for hydroxylation is 1. The minimum atomic E-state index is -0.159. The Morgan fingerprint density at radius 3 is 2.90 bits per heavy atom. The quantitative estimate of drug-likeness (QED) is 0.676. The summed E-state index contributed by atoms with van der Waals surface area (Å²) >= 11 is 0. The molecule has 0 bridgehead atoms. The number of carbonyl (C=O) groups excluding carboxylic acids is 1. The van der Waals surface area contributed by atoms with Gasteiger partial charge in [-0.2, -0.15) is 5.26 Å². The molecule has 0 saturated carbocycles. The molecule has 0 aliphatic carbocycles. The molecule has 3 aromatic rings. The van der Waals surface area contributed by atoms with Crippen LogP contribution in [0.2, 0.25) is 0 Å². The fraction of sp³-hybridized carbons (Fsp3) is 0.0625. The first kappa shape index (κ1) is 12.1. The SMILES string of the molecule is Cc1cccc(C(=O)n2cc(C#N)c3ncccc32)c1. The van der Waals surface area contributed by atoms with Crippen LogP contribution < -0.4 is 0 Å². The summed E-state index contributed by atoms with van der Waals surface area (Å²) in [5.41, 5.74) is 3.22. The maximum absolute atomic E-state index is 12.6. The molecule has 0 aliphatic heterocycles. The van der Waals surface area contributed by atoms with Crippen LogP contribution in [-0.2, 0) is 0 Å². The largest absolute Gasteiger partial charge is 0.280 e. The van der Waals surface area contributed by atoms with Gasteiger partial charge >= 0.3 is 0 Å². The second-order valence-corrected chi connectivity index (χ2v) is 4.57. The van der Waals surface area contributed by atoms with Crippen LogP contribution in [0.25, 0.3) is 11.0 Å². The lowest BCUT2D eigenvalue weighted by Crippen LogP contribution is -2.10. The summed E-state index contributed by atoms with van der Waals surface area (Å²) in [4.78, 5) is 16.7. The van der Waals surface area contributed by atoms with Crippen molar-refractivity contribution in [3.8, 4) is 6.07 Å². The highest BCUT2D eigenvalue weighted by molar-refractivity contribution is 6.02. The summed E-state index contributed by atoms with van der Waals surface area (Å²) < 4.78 is 1.48. The van der Waals surface area contributed by atoms with E-state index >= 15 is 0 Å². The Kier molecular flexibility index (Phi) is 2.81. The zero-order chi connectivity index (χ0) is 14.1. The number of nitriles is 1. The van der Waals surface area contributed by atoms with Crippen molar-refractivity contribution in [1.82, 2.24) is 9.55 Å². The first-order valence-electron chi connectivity index (χ1n) is 6.18. The molecule has 0 unspecified atom stereocenters. The first-order chi connectivity index (χ1) is 9.70. The topological polar surface area (TPSA) is 58.7 Å². The highest BCUT2D eigenvalue weighted by Crippen LogP contribution is 2.19. The number of fused-ring (bicyclic) bond motifs is 1. The molecule has 2 aromatic heterocycles. The number of hydrogen-bond acceptors (Lipinski definition) is 3. The van der Waals surface area contributed by atoms with E-state index in [0.29, 0.717) is 22.2 Å². The van der Waals surface area contributed by atoms with Gasteiger partial charge in [0.05, 0.1) is 11.1 Å². The Balaban J connectivity index is 2.20. The number of carbonyl (C=O) groups is 1. The van der Waals surface area contributed by atoms with Crippen LogP contribution in [0.1, 0.15) is 21.5 Å². The molecule has 1 aromatic carbocycles. The number of pyridine rings is 1. The van der Waals surface area contributed by atoms with Crippen LogP contribution in [0.4, 0.5) is 0 Å². The van der Waals surface area contributed by atoms with E-state index < -0.39 is 0 Å². The highest BCUT2D eigenvalue weighted by Gasteiger charge is 2.15. The van der Waals surface area contributed by atoms with Crippen LogP contribution in [0.15, 0.2) is 48.8 Å². The monoisotopic (exact) mass is 261 g/mol. The first-order valence-corrected chi connectivity index (χ1v) is 6.18. The number of aromatic nitrogens is 2. The predicted octanol–water partition coefficient (Wildman–Crippen LogP) is 2.90. The summed E-state index contributed by atoms with van der Waals surface area (Å²) in [5.74, 6) is -0.159. The van der Waals surface area contributed by atoms with Crippen LogP contribution in [0, 0.1) is 18.3 Å². The van der Waals surface area contributed by atoms with Gasteiger partial charge in [0.15, 0.2) is 0 Å². The van der Waals surface area contributed by atoms with E-state index in [9.17, 15) is 4.79 Å². The molecule has 0 saturated heterocycles. The van der Waals surface area contributed by atoms with Gasteiger partial charge in [0.25, 0.3) is 5.91 Å². The molecule has 0 aliphatic rings. The maximum atomic E-state index is 12.6. The van der Waals surface area contributed by atoms with Gasteiger partial charge in [0, 0.05) is 18.0 Å². The molecular weight excluding hydrogens is 250 g/mol. The van der Waals surface area contributed by atoms with E-state index in [0.717, 1.165) is 5.56 Å². The zero-order valence-electron chi connectivity index (χ0n) is 10.9. The van der Waals surface area contributed by atoms with E-state index in [-0.39, 0.29) is 5.91 Å². The lowest BCUT2D eigenvalue weighted by molar-refractivity contribution is 0.0965. The van der Waals surface area contributed by atoms with Crippen LogP contribution in [0.3, 0.4) is 0 Å². The van der Waals surface area contributed by atoms with E-state index in [4.69, 9.17) is 5.26 Å². The third-order valence-corrected chi connectivity index (χ3v) is 3.16. The molecular formula is C16H11N3O. The fourth-order valence-electron chi connectivity index (χ4n) is 2.23. The molecule has 0 fully saturated rings. The van der Waals surface area contributed by atoms with E-state index in [1.54, 1.807) is 30.6 Å². The molecule has 0 amide bonds. The van der Waals surface area contributed by atoms with Gasteiger partial charge in [-0.25, -0.2) is 0 Å². The minimum Gasteiger partial charge on any atom is -0.280 e. The van der Waals surface area contributed by atoms with Gasteiger partial charge in [-0.15, -0.1) is 0 Å². The molecule has 20 heavy (non-hydrogen) atoms. The fourth-order valence-corrected chi connectivity index (χ4v) is 2.23. The summed E-state index contributed by atoms with van der Waals surface area (Å²) in [6, 6.07) is 13.0. The van der Waals surface area contributed by atoms with Gasteiger partial charge < -0.3 is 0 Å². The summed E-state index contributed by atoms with van der Waals surface area (Å²) in [6.07, 6.45) is 3.16. The Bertz CT molecular complexity index is 856. The normalized spacial score (nSPS) is 10.4.